The number of hydrogen-bond acceptors (Lipinski definition) is 5. The molecule has 34 heavy (non-hydrogen) atoms. The second kappa shape index (κ2) is 10.1. The number of aryl methyl sites for hydroxylation is 5. The van der Waals surface area contributed by atoms with Gasteiger partial charge in [-0.3, -0.25) is 14.2 Å². The second-order valence-electron chi connectivity index (χ2n) is 8.31. The number of fused-ring (bicyclic) bond motifs is 1. The van der Waals surface area contributed by atoms with E-state index in [1.807, 2.05) is 64.1 Å². The summed E-state index contributed by atoms with van der Waals surface area (Å²) in [6, 6.07) is 11.8. The summed E-state index contributed by atoms with van der Waals surface area (Å²) in [5, 5.41) is 4.21. The number of nitrogens with zero attached hydrogens (tertiary/aromatic N) is 2. The molecule has 0 bridgehead atoms. The zero-order valence-corrected chi connectivity index (χ0v) is 23.0. The van der Waals surface area contributed by atoms with Crippen LogP contribution in [-0.4, -0.2) is 21.2 Å². The lowest BCUT2D eigenvalue weighted by molar-refractivity contribution is -0.113. The largest absolute Gasteiger partial charge is 0.325 e. The first-order valence-electron chi connectivity index (χ1n) is 11.0. The molecule has 1 amide bonds. The monoisotopic (exact) mass is 555 g/mol. The average Bonchev–Trinajstić information content (AvgIpc) is 3.11. The number of nitrogens with one attached hydrogen (secondary N) is 1. The third kappa shape index (κ3) is 4.85. The molecule has 2 aromatic heterocycles. The van der Waals surface area contributed by atoms with Crippen molar-refractivity contribution in [2.75, 3.05) is 11.1 Å². The first-order valence-corrected chi connectivity index (χ1v) is 13.6. The normalized spacial score (nSPS) is 11.2. The number of halogens is 1. The molecule has 0 saturated heterocycles. The molecule has 0 aliphatic heterocycles. The van der Waals surface area contributed by atoms with E-state index in [9.17, 15) is 9.59 Å². The summed E-state index contributed by atoms with van der Waals surface area (Å²) < 4.78 is 2.61. The lowest BCUT2D eigenvalue weighted by atomic mass is 10.1. The Hall–Kier alpha value is -2.42. The van der Waals surface area contributed by atoms with Crippen LogP contribution >= 0.6 is 39.0 Å². The fourth-order valence-corrected chi connectivity index (χ4v) is 6.64. The summed E-state index contributed by atoms with van der Waals surface area (Å²) in [6.45, 7) is 10.0. The van der Waals surface area contributed by atoms with Gasteiger partial charge in [0, 0.05) is 15.0 Å². The summed E-state index contributed by atoms with van der Waals surface area (Å²) in [5.41, 5.74) is 5.55. The minimum Gasteiger partial charge on any atom is -0.325 e. The van der Waals surface area contributed by atoms with Crippen molar-refractivity contribution in [1.29, 1.82) is 0 Å². The van der Waals surface area contributed by atoms with Crippen LogP contribution in [0.5, 0.6) is 0 Å². The van der Waals surface area contributed by atoms with E-state index in [0.29, 0.717) is 10.5 Å². The van der Waals surface area contributed by atoms with Gasteiger partial charge < -0.3 is 5.32 Å². The van der Waals surface area contributed by atoms with Crippen LogP contribution in [0.15, 0.2) is 50.8 Å². The molecule has 0 fully saturated rings. The molecule has 0 aliphatic carbocycles. The molecule has 0 unspecified atom stereocenters. The fraction of sp³-hybridized carbons (Fsp3) is 0.269. The van der Waals surface area contributed by atoms with Crippen LogP contribution in [0.3, 0.4) is 0 Å². The smallest absolute Gasteiger partial charge is 0.267 e. The molecular formula is C26H26BrN3O2S2. The standard InChI is InChI=1S/C26H26BrN3O2S2/c1-6-20-17(5)22-24(34-20)29-26(30(25(22)32)19-9-7-14(2)8-10-19)33-13-21(31)28-23-15(3)11-18(27)12-16(23)4/h7-12H,6,13H2,1-5H3,(H,28,31). The van der Waals surface area contributed by atoms with Gasteiger partial charge in [-0.25, -0.2) is 4.98 Å². The van der Waals surface area contributed by atoms with Crippen LogP contribution < -0.4 is 10.9 Å². The Balaban J connectivity index is 1.71. The van der Waals surface area contributed by atoms with Crippen LogP contribution in [0.1, 0.15) is 34.1 Å². The summed E-state index contributed by atoms with van der Waals surface area (Å²) in [4.78, 5) is 33.3. The summed E-state index contributed by atoms with van der Waals surface area (Å²) in [7, 11) is 0. The zero-order valence-electron chi connectivity index (χ0n) is 19.8. The molecule has 8 heteroatoms. The van der Waals surface area contributed by atoms with E-state index in [2.05, 4.69) is 28.2 Å². The molecule has 176 valence electrons. The number of amides is 1. The molecule has 5 nitrogen and oxygen atoms in total. The number of anilines is 1. The maximum absolute atomic E-state index is 13.7. The first kappa shape index (κ1) is 24.7. The van der Waals surface area contributed by atoms with Crippen molar-refractivity contribution in [1.82, 2.24) is 9.55 Å². The van der Waals surface area contributed by atoms with E-state index in [-0.39, 0.29) is 17.2 Å². The van der Waals surface area contributed by atoms with E-state index in [1.165, 1.54) is 11.8 Å². The highest BCUT2D eigenvalue weighted by molar-refractivity contribution is 9.10. The Morgan fingerprint density at radius 2 is 1.76 bits per heavy atom. The molecular weight excluding hydrogens is 530 g/mol. The number of thiophene rings is 1. The van der Waals surface area contributed by atoms with E-state index in [4.69, 9.17) is 4.98 Å². The van der Waals surface area contributed by atoms with Crippen molar-refractivity contribution >= 4 is 60.8 Å². The predicted molar refractivity (Wildman–Crippen MR) is 147 cm³/mol. The number of rotatable bonds is 6. The number of aromatic nitrogens is 2. The Kier molecular flexibility index (Phi) is 7.31. The van der Waals surface area contributed by atoms with Crippen molar-refractivity contribution in [3.05, 3.63) is 78.4 Å². The van der Waals surface area contributed by atoms with Gasteiger partial charge in [0.2, 0.25) is 5.91 Å². The Morgan fingerprint density at radius 3 is 2.38 bits per heavy atom. The lowest BCUT2D eigenvalue weighted by Gasteiger charge is -2.14. The average molecular weight is 557 g/mol. The van der Waals surface area contributed by atoms with Gasteiger partial charge in [0.15, 0.2) is 5.16 Å². The molecule has 0 spiro atoms. The van der Waals surface area contributed by atoms with E-state index >= 15 is 0 Å². The highest BCUT2D eigenvalue weighted by Gasteiger charge is 2.20. The van der Waals surface area contributed by atoms with Gasteiger partial charge in [0.05, 0.1) is 16.8 Å². The molecule has 1 N–H and O–H groups in total. The number of benzene rings is 2. The van der Waals surface area contributed by atoms with Gasteiger partial charge in [-0.2, -0.15) is 0 Å². The van der Waals surface area contributed by atoms with Gasteiger partial charge in [-0.05, 0) is 75.1 Å². The highest BCUT2D eigenvalue weighted by Crippen LogP contribution is 2.31. The Labute approximate surface area is 215 Å². The van der Waals surface area contributed by atoms with Crippen LogP contribution in [0, 0.1) is 27.7 Å². The summed E-state index contributed by atoms with van der Waals surface area (Å²) in [6.07, 6.45) is 0.855. The molecule has 0 aliphatic rings. The number of carbonyl (C=O) groups excluding carboxylic acids is 1. The van der Waals surface area contributed by atoms with Gasteiger partial charge in [0.1, 0.15) is 4.83 Å². The molecule has 0 saturated carbocycles. The molecule has 4 rings (SSSR count). The third-order valence-electron chi connectivity index (χ3n) is 5.74. The van der Waals surface area contributed by atoms with Crippen LogP contribution in [0.2, 0.25) is 0 Å². The Bertz CT molecular complexity index is 1430. The first-order chi connectivity index (χ1) is 16.2. The fourth-order valence-electron chi connectivity index (χ4n) is 3.98. The molecule has 0 atom stereocenters. The van der Waals surface area contributed by atoms with Crippen molar-refractivity contribution < 1.29 is 4.79 Å². The molecule has 0 radical (unpaired) electrons. The number of hydrogen-bond donors (Lipinski definition) is 1. The van der Waals surface area contributed by atoms with Gasteiger partial charge in [-0.1, -0.05) is 52.3 Å². The predicted octanol–water partition coefficient (Wildman–Crippen LogP) is 6.74. The zero-order chi connectivity index (χ0) is 24.6. The maximum atomic E-state index is 13.7. The number of carbonyl (C=O) groups is 1. The lowest BCUT2D eigenvalue weighted by Crippen LogP contribution is -2.23. The van der Waals surface area contributed by atoms with Crippen molar-refractivity contribution in [3.8, 4) is 5.69 Å². The van der Waals surface area contributed by atoms with Crippen LogP contribution in [-0.2, 0) is 11.2 Å². The topological polar surface area (TPSA) is 64.0 Å². The van der Waals surface area contributed by atoms with Gasteiger partial charge in [-0.15, -0.1) is 11.3 Å². The van der Waals surface area contributed by atoms with E-state index in [0.717, 1.165) is 54.2 Å². The maximum Gasteiger partial charge on any atom is 0.267 e. The second-order valence-corrected chi connectivity index (χ2v) is 11.2. The molecule has 4 aromatic rings. The minimum absolute atomic E-state index is 0.0928. The van der Waals surface area contributed by atoms with E-state index in [1.54, 1.807) is 15.9 Å². The van der Waals surface area contributed by atoms with Crippen molar-refractivity contribution in [3.63, 3.8) is 0 Å². The van der Waals surface area contributed by atoms with Crippen LogP contribution in [0.4, 0.5) is 5.69 Å². The van der Waals surface area contributed by atoms with E-state index < -0.39 is 0 Å². The molecule has 2 aromatic carbocycles. The number of thioether (sulfide) groups is 1. The molecule has 2 heterocycles. The van der Waals surface area contributed by atoms with Crippen LogP contribution in [0.25, 0.3) is 15.9 Å². The summed E-state index contributed by atoms with van der Waals surface area (Å²) in [5.74, 6) is 0.00365. The summed E-state index contributed by atoms with van der Waals surface area (Å²) >= 11 is 6.33. The van der Waals surface area contributed by atoms with Gasteiger partial charge in [0.25, 0.3) is 5.56 Å². The minimum atomic E-state index is -0.139. The Morgan fingerprint density at radius 1 is 1.12 bits per heavy atom. The third-order valence-corrected chi connectivity index (χ3v) is 8.47. The quantitative estimate of drug-likeness (QED) is 0.211. The van der Waals surface area contributed by atoms with Crippen molar-refractivity contribution in [2.24, 2.45) is 0 Å². The van der Waals surface area contributed by atoms with Gasteiger partial charge >= 0.3 is 0 Å². The highest BCUT2D eigenvalue weighted by atomic mass is 79.9. The SMILES string of the molecule is CCc1sc2nc(SCC(=O)Nc3c(C)cc(Br)cc3C)n(-c3ccc(C)cc3)c(=O)c2c1C. The van der Waals surface area contributed by atoms with Crippen molar-refractivity contribution in [2.45, 2.75) is 46.2 Å².